The molecule has 0 saturated carbocycles. The minimum atomic E-state index is -1.12. The lowest BCUT2D eigenvalue weighted by Gasteiger charge is -2.08. The molecule has 110 valence electrons. The normalized spacial score (nSPS) is 9.95. The second-order valence-corrected chi connectivity index (χ2v) is 4.55. The molecule has 0 aliphatic rings. The van der Waals surface area contributed by atoms with E-state index in [4.69, 9.17) is 10.4 Å². The molecule has 1 aromatic carbocycles. The van der Waals surface area contributed by atoms with Gasteiger partial charge in [-0.2, -0.15) is 5.26 Å². The predicted molar refractivity (Wildman–Crippen MR) is 77.3 cm³/mol. The molecule has 1 aromatic heterocycles. The average molecular weight is 296 g/mol. The smallest absolute Gasteiger partial charge is 0.303 e. The minimum Gasteiger partial charge on any atom is -0.504 e. The van der Waals surface area contributed by atoms with E-state index >= 15 is 0 Å². The first-order valence-electron chi connectivity index (χ1n) is 6.47. The molecule has 0 spiro atoms. The summed E-state index contributed by atoms with van der Waals surface area (Å²) in [4.78, 5) is 26.7. The van der Waals surface area contributed by atoms with Crippen molar-refractivity contribution in [2.75, 3.05) is 0 Å². The molecule has 6 nitrogen and oxygen atoms in total. The number of aliphatic carboxylic acids is 1. The van der Waals surface area contributed by atoms with E-state index in [-0.39, 0.29) is 24.1 Å². The summed E-state index contributed by atoms with van der Waals surface area (Å²) in [5.74, 6) is -2.25. The summed E-state index contributed by atoms with van der Waals surface area (Å²) >= 11 is 0. The van der Waals surface area contributed by atoms with Gasteiger partial charge in [0.25, 0.3) is 0 Å². The summed E-state index contributed by atoms with van der Waals surface area (Å²) in [6, 6.07) is 12.1. The van der Waals surface area contributed by atoms with Crippen LogP contribution in [0.3, 0.4) is 0 Å². The Kier molecular flexibility index (Phi) is 4.49. The number of pyridine rings is 1. The standard InChI is InChI=1S/C16H12N2O4/c17-9-11-8-12(10-4-2-1-3-5-10)18-15(16(11)22)13(19)6-7-14(20)21/h1-5,8,22H,6-7H2,(H,20,21). The van der Waals surface area contributed by atoms with E-state index in [2.05, 4.69) is 4.98 Å². The van der Waals surface area contributed by atoms with E-state index in [1.54, 1.807) is 24.3 Å². The highest BCUT2D eigenvalue weighted by molar-refractivity contribution is 5.99. The molecule has 0 radical (unpaired) electrons. The van der Waals surface area contributed by atoms with Gasteiger partial charge in [-0.3, -0.25) is 9.59 Å². The molecule has 0 atom stereocenters. The number of rotatable bonds is 5. The molecule has 6 heteroatoms. The lowest BCUT2D eigenvalue weighted by Crippen LogP contribution is -2.07. The van der Waals surface area contributed by atoms with Gasteiger partial charge in [-0.25, -0.2) is 4.98 Å². The van der Waals surface area contributed by atoms with Gasteiger partial charge in [-0.05, 0) is 6.07 Å². The van der Waals surface area contributed by atoms with Gasteiger partial charge < -0.3 is 10.2 Å². The number of carbonyl (C=O) groups excluding carboxylic acids is 1. The summed E-state index contributed by atoms with van der Waals surface area (Å²) in [5, 5.41) is 27.6. The predicted octanol–water partition coefficient (Wildman–Crippen LogP) is 2.37. The number of carboxylic acid groups (broad SMARTS) is 1. The molecule has 0 aliphatic heterocycles. The van der Waals surface area contributed by atoms with Crippen LogP contribution in [-0.4, -0.2) is 26.9 Å². The SMILES string of the molecule is N#Cc1cc(-c2ccccc2)nc(C(=O)CCC(=O)O)c1O. The van der Waals surface area contributed by atoms with E-state index < -0.39 is 17.5 Å². The molecule has 0 bridgehead atoms. The van der Waals surface area contributed by atoms with E-state index in [1.807, 2.05) is 12.1 Å². The highest BCUT2D eigenvalue weighted by atomic mass is 16.4. The van der Waals surface area contributed by atoms with Gasteiger partial charge in [-0.1, -0.05) is 30.3 Å². The highest BCUT2D eigenvalue weighted by Gasteiger charge is 2.19. The first-order valence-corrected chi connectivity index (χ1v) is 6.47. The van der Waals surface area contributed by atoms with Crippen LogP contribution in [0.25, 0.3) is 11.3 Å². The summed E-state index contributed by atoms with van der Waals surface area (Å²) in [6.45, 7) is 0. The lowest BCUT2D eigenvalue weighted by atomic mass is 10.0. The minimum absolute atomic E-state index is 0.0764. The highest BCUT2D eigenvalue weighted by Crippen LogP contribution is 2.27. The molecule has 0 fully saturated rings. The van der Waals surface area contributed by atoms with Crippen molar-refractivity contribution < 1.29 is 19.8 Å². The van der Waals surface area contributed by atoms with E-state index in [0.29, 0.717) is 11.3 Å². The number of carbonyl (C=O) groups is 2. The van der Waals surface area contributed by atoms with Crippen LogP contribution in [0.5, 0.6) is 5.75 Å². The van der Waals surface area contributed by atoms with Crippen LogP contribution in [0.15, 0.2) is 36.4 Å². The van der Waals surface area contributed by atoms with Crippen molar-refractivity contribution in [1.82, 2.24) is 4.98 Å². The topological polar surface area (TPSA) is 111 Å². The van der Waals surface area contributed by atoms with Gasteiger partial charge in [0.2, 0.25) is 0 Å². The number of carboxylic acids is 1. The molecule has 22 heavy (non-hydrogen) atoms. The third kappa shape index (κ3) is 3.27. The number of benzene rings is 1. The van der Waals surface area contributed by atoms with Crippen LogP contribution < -0.4 is 0 Å². The Morgan fingerprint density at radius 1 is 1.18 bits per heavy atom. The molecular formula is C16H12N2O4. The number of aromatic hydroxyl groups is 1. The summed E-state index contributed by atoms with van der Waals surface area (Å²) in [5.41, 5.74) is 0.701. The summed E-state index contributed by atoms with van der Waals surface area (Å²) in [6.07, 6.45) is -0.656. The monoisotopic (exact) mass is 296 g/mol. The van der Waals surface area contributed by atoms with Crippen molar-refractivity contribution >= 4 is 11.8 Å². The van der Waals surface area contributed by atoms with Crippen molar-refractivity contribution in [1.29, 1.82) is 5.26 Å². The molecule has 0 amide bonds. The molecular weight excluding hydrogens is 284 g/mol. The Balaban J connectivity index is 2.47. The Bertz CT molecular complexity index is 764. The molecule has 0 saturated heterocycles. The van der Waals surface area contributed by atoms with Crippen molar-refractivity contribution in [3.63, 3.8) is 0 Å². The number of aromatic nitrogens is 1. The molecule has 1 heterocycles. The Morgan fingerprint density at radius 2 is 1.86 bits per heavy atom. The second kappa shape index (κ2) is 6.50. The largest absolute Gasteiger partial charge is 0.504 e. The van der Waals surface area contributed by atoms with Gasteiger partial charge in [-0.15, -0.1) is 0 Å². The third-order valence-corrected chi connectivity index (χ3v) is 3.01. The van der Waals surface area contributed by atoms with E-state index in [9.17, 15) is 14.7 Å². The zero-order valence-electron chi connectivity index (χ0n) is 11.5. The summed E-state index contributed by atoms with van der Waals surface area (Å²) < 4.78 is 0. The number of ketones is 1. The van der Waals surface area contributed by atoms with Gasteiger partial charge >= 0.3 is 5.97 Å². The second-order valence-electron chi connectivity index (χ2n) is 4.55. The van der Waals surface area contributed by atoms with Crippen LogP contribution in [0, 0.1) is 11.3 Å². The zero-order chi connectivity index (χ0) is 16.1. The maximum Gasteiger partial charge on any atom is 0.303 e. The first-order chi connectivity index (χ1) is 10.5. The van der Waals surface area contributed by atoms with Crippen molar-refractivity contribution in [2.45, 2.75) is 12.8 Å². The fraction of sp³-hybridized carbons (Fsp3) is 0.125. The summed E-state index contributed by atoms with van der Waals surface area (Å²) in [7, 11) is 0. The fourth-order valence-corrected chi connectivity index (χ4v) is 1.91. The Hall–Kier alpha value is -3.20. The number of nitriles is 1. The number of hydrogen-bond acceptors (Lipinski definition) is 5. The average Bonchev–Trinajstić information content (AvgIpc) is 2.53. The van der Waals surface area contributed by atoms with Gasteiger partial charge in [0.15, 0.2) is 11.5 Å². The first kappa shape index (κ1) is 15.2. The Labute approximate surface area is 126 Å². The zero-order valence-corrected chi connectivity index (χ0v) is 11.5. The van der Waals surface area contributed by atoms with Crippen molar-refractivity contribution in [3.8, 4) is 23.1 Å². The van der Waals surface area contributed by atoms with Crippen LogP contribution in [-0.2, 0) is 4.79 Å². The lowest BCUT2D eigenvalue weighted by molar-refractivity contribution is -0.136. The maximum atomic E-state index is 12.0. The van der Waals surface area contributed by atoms with Gasteiger partial charge in [0.05, 0.1) is 17.7 Å². The molecule has 2 aromatic rings. The van der Waals surface area contributed by atoms with Crippen LogP contribution in [0.1, 0.15) is 28.9 Å². The number of nitrogens with zero attached hydrogens (tertiary/aromatic N) is 2. The van der Waals surface area contributed by atoms with Crippen molar-refractivity contribution in [3.05, 3.63) is 47.7 Å². The van der Waals surface area contributed by atoms with E-state index in [1.165, 1.54) is 6.07 Å². The van der Waals surface area contributed by atoms with Crippen LogP contribution >= 0.6 is 0 Å². The Morgan fingerprint density at radius 3 is 2.45 bits per heavy atom. The maximum absolute atomic E-state index is 12.0. The molecule has 0 unspecified atom stereocenters. The molecule has 0 aliphatic carbocycles. The number of hydrogen-bond donors (Lipinski definition) is 2. The third-order valence-electron chi connectivity index (χ3n) is 3.01. The fourth-order valence-electron chi connectivity index (χ4n) is 1.91. The van der Waals surface area contributed by atoms with Crippen LogP contribution in [0.4, 0.5) is 0 Å². The van der Waals surface area contributed by atoms with E-state index in [0.717, 1.165) is 0 Å². The van der Waals surface area contributed by atoms with Crippen molar-refractivity contribution in [2.24, 2.45) is 0 Å². The quantitative estimate of drug-likeness (QED) is 0.819. The van der Waals surface area contributed by atoms with Gasteiger partial charge in [0.1, 0.15) is 11.8 Å². The molecule has 2 rings (SSSR count). The number of Topliss-reactive ketones (excluding diaryl/α,β-unsaturated/α-hetero) is 1. The van der Waals surface area contributed by atoms with Crippen LogP contribution in [0.2, 0.25) is 0 Å². The van der Waals surface area contributed by atoms with Gasteiger partial charge in [0, 0.05) is 12.0 Å². The molecule has 2 N–H and O–H groups in total.